The van der Waals surface area contributed by atoms with Gasteiger partial charge >= 0.3 is 12.2 Å². The standard InChI is InChI=1S/C22H19F3N4O4S/c1-3-13-29(14-4-2)34(31,32)18-11-7-15(8-12-18)19(30)26-21-28-27-20(33-21)16-5-9-17(10-6-16)22(23,24)25/h3-12H,1-2,13-14H2,(H,26,28,30). The summed E-state index contributed by atoms with van der Waals surface area (Å²) in [4.78, 5) is 12.4. The SMILES string of the molecule is C=CCN(CC=C)S(=O)(=O)c1ccc(C(=O)Nc2nnc(-c3ccc(C(F)(F)F)cc3)o2)cc1. The van der Waals surface area contributed by atoms with Crippen LogP contribution in [0.15, 0.2) is 83.2 Å². The number of nitrogens with zero attached hydrogens (tertiary/aromatic N) is 3. The van der Waals surface area contributed by atoms with Gasteiger partial charge in [-0.2, -0.15) is 17.5 Å². The summed E-state index contributed by atoms with van der Waals surface area (Å²) in [7, 11) is -3.82. The van der Waals surface area contributed by atoms with E-state index >= 15 is 0 Å². The first-order valence-corrected chi connectivity index (χ1v) is 11.1. The number of alkyl halides is 3. The minimum atomic E-state index is -4.48. The Morgan fingerprint density at radius 1 is 1.00 bits per heavy atom. The topological polar surface area (TPSA) is 105 Å². The fourth-order valence-corrected chi connectivity index (χ4v) is 4.23. The molecule has 0 saturated heterocycles. The van der Waals surface area contributed by atoms with Crippen molar-refractivity contribution < 1.29 is 30.8 Å². The summed E-state index contributed by atoms with van der Waals surface area (Å²) in [5.41, 5.74) is -0.474. The number of aromatic nitrogens is 2. The number of benzene rings is 2. The molecular formula is C22H19F3N4O4S. The second-order valence-corrected chi connectivity index (χ2v) is 8.80. The van der Waals surface area contributed by atoms with Crippen LogP contribution in [-0.4, -0.2) is 41.9 Å². The molecule has 1 amide bonds. The summed E-state index contributed by atoms with van der Waals surface area (Å²) in [6.07, 6.45) is -1.57. The molecule has 0 radical (unpaired) electrons. The van der Waals surface area contributed by atoms with Gasteiger partial charge in [-0.05, 0) is 48.5 Å². The van der Waals surface area contributed by atoms with Gasteiger partial charge in [0.05, 0.1) is 10.5 Å². The van der Waals surface area contributed by atoms with Crippen LogP contribution in [0.25, 0.3) is 11.5 Å². The van der Waals surface area contributed by atoms with E-state index in [1.807, 2.05) is 0 Å². The highest BCUT2D eigenvalue weighted by molar-refractivity contribution is 7.89. The van der Waals surface area contributed by atoms with E-state index in [-0.39, 0.29) is 41.0 Å². The van der Waals surface area contributed by atoms with Gasteiger partial charge in [-0.1, -0.05) is 17.3 Å². The Balaban J connectivity index is 1.71. The predicted octanol–water partition coefficient (Wildman–Crippen LogP) is 4.37. The van der Waals surface area contributed by atoms with Crippen LogP contribution in [0, 0.1) is 0 Å². The highest BCUT2D eigenvalue weighted by Crippen LogP contribution is 2.31. The molecule has 3 rings (SSSR count). The number of halogens is 3. The van der Waals surface area contributed by atoms with Gasteiger partial charge in [0.1, 0.15) is 0 Å². The van der Waals surface area contributed by atoms with Crippen molar-refractivity contribution in [3.63, 3.8) is 0 Å². The van der Waals surface area contributed by atoms with Gasteiger partial charge in [0, 0.05) is 24.2 Å². The molecule has 0 aliphatic rings. The van der Waals surface area contributed by atoms with Crippen molar-refractivity contribution in [2.45, 2.75) is 11.1 Å². The number of amides is 1. The molecule has 0 spiro atoms. The number of anilines is 1. The van der Waals surface area contributed by atoms with Crippen LogP contribution in [-0.2, 0) is 16.2 Å². The van der Waals surface area contributed by atoms with Crippen molar-refractivity contribution in [3.05, 3.63) is 85.0 Å². The molecule has 2 aromatic carbocycles. The Kier molecular flexibility index (Phi) is 7.32. The lowest BCUT2D eigenvalue weighted by Gasteiger charge is -2.19. The number of hydrogen-bond acceptors (Lipinski definition) is 6. The van der Waals surface area contributed by atoms with Crippen LogP contribution in [0.5, 0.6) is 0 Å². The largest absolute Gasteiger partial charge is 0.416 e. The summed E-state index contributed by atoms with van der Waals surface area (Å²) in [5, 5.41) is 9.73. The van der Waals surface area contributed by atoms with E-state index in [1.165, 1.54) is 52.9 Å². The number of nitrogens with one attached hydrogen (secondary N) is 1. The van der Waals surface area contributed by atoms with Gasteiger partial charge in [-0.25, -0.2) is 8.42 Å². The van der Waals surface area contributed by atoms with Crippen LogP contribution in [0.3, 0.4) is 0 Å². The van der Waals surface area contributed by atoms with E-state index in [1.54, 1.807) is 0 Å². The maximum absolute atomic E-state index is 12.7. The second kappa shape index (κ2) is 10.0. The lowest BCUT2D eigenvalue weighted by Crippen LogP contribution is -2.31. The molecule has 1 aromatic heterocycles. The van der Waals surface area contributed by atoms with E-state index in [4.69, 9.17) is 4.42 Å². The van der Waals surface area contributed by atoms with E-state index in [0.29, 0.717) is 0 Å². The van der Waals surface area contributed by atoms with Gasteiger partial charge < -0.3 is 4.42 Å². The maximum atomic E-state index is 12.7. The van der Waals surface area contributed by atoms with Crippen LogP contribution in [0.1, 0.15) is 15.9 Å². The zero-order chi connectivity index (χ0) is 24.9. The molecule has 0 fully saturated rings. The summed E-state index contributed by atoms with van der Waals surface area (Å²) >= 11 is 0. The van der Waals surface area contributed by atoms with Gasteiger partial charge in [0.25, 0.3) is 5.91 Å². The van der Waals surface area contributed by atoms with Crippen LogP contribution < -0.4 is 5.32 Å². The number of carbonyl (C=O) groups is 1. The Morgan fingerprint density at radius 3 is 2.12 bits per heavy atom. The number of rotatable bonds is 9. The van der Waals surface area contributed by atoms with Crippen LogP contribution in [0.2, 0.25) is 0 Å². The highest BCUT2D eigenvalue weighted by atomic mass is 32.2. The second-order valence-electron chi connectivity index (χ2n) is 6.87. The molecule has 34 heavy (non-hydrogen) atoms. The predicted molar refractivity (Wildman–Crippen MR) is 118 cm³/mol. The molecule has 0 unspecified atom stereocenters. The zero-order valence-electron chi connectivity index (χ0n) is 17.6. The molecule has 178 valence electrons. The molecule has 0 atom stereocenters. The Labute approximate surface area is 193 Å². The third kappa shape index (κ3) is 5.58. The molecule has 12 heteroatoms. The molecule has 8 nitrogen and oxygen atoms in total. The highest BCUT2D eigenvalue weighted by Gasteiger charge is 2.30. The van der Waals surface area contributed by atoms with E-state index in [9.17, 15) is 26.4 Å². The first kappa shape index (κ1) is 24.9. The van der Waals surface area contributed by atoms with Crippen molar-refractivity contribution in [1.29, 1.82) is 0 Å². The number of sulfonamides is 1. The van der Waals surface area contributed by atoms with Crippen molar-refractivity contribution in [2.24, 2.45) is 0 Å². The Bertz CT molecular complexity index is 1270. The van der Waals surface area contributed by atoms with Crippen molar-refractivity contribution in [3.8, 4) is 11.5 Å². The van der Waals surface area contributed by atoms with Crippen LogP contribution >= 0.6 is 0 Å². The summed E-state index contributed by atoms with van der Waals surface area (Å²) in [5.74, 6) is -0.740. The molecule has 1 N–H and O–H groups in total. The molecule has 0 aliphatic heterocycles. The number of carbonyl (C=O) groups excluding carboxylic acids is 1. The lowest BCUT2D eigenvalue weighted by molar-refractivity contribution is -0.137. The fraction of sp³-hybridized carbons (Fsp3) is 0.136. The third-order valence-electron chi connectivity index (χ3n) is 4.52. The smallest absolute Gasteiger partial charge is 0.403 e. The number of hydrogen-bond donors (Lipinski definition) is 1. The molecule has 0 saturated carbocycles. The first-order valence-electron chi connectivity index (χ1n) is 9.70. The van der Waals surface area contributed by atoms with Crippen molar-refractivity contribution in [1.82, 2.24) is 14.5 Å². The minimum Gasteiger partial charge on any atom is -0.403 e. The fourth-order valence-electron chi connectivity index (χ4n) is 2.85. The minimum absolute atomic E-state index is 0.0184. The summed E-state index contributed by atoms with van der Waals surface area (Å²) < 4.78 is 70.0. The molecule has 1 heterocycles. The average molecular weight is 492 g/mol. The van der Waals surface area contributed by atoms with Gasteiger partial charge in [0.2, 0.25) is 15.9 Å². The van der Waals surface area contributed by atoms with Gasteiger partial charge in [-0.3, -0.25) is 10.1 Å². The molecule has 3 aromatic rings. The van der Waals surface area contributed by atoms with Crippen molar-refractivity contribution in [2.75, 3.05) is 18.4 Å². The van der Waals surface area contributed by atoms with Gasteiger partial charge in [0.15, 0.2) is 0 Å². The van der Waals surface area contributed by atoms with Gasteiger partial charge in [-0.15, -0.1) is 18.3 Å². The van der Waals surface area contributed by atoms with E-state index in [0.717, 1.165) is 12.1 Å². The van der Waals surface area contributed by atoms with E-state index in [2.05, 4.69) is 28.7 Å². The van der Waals surface area contributed by atoms with E-state index < -0.39 is 27.7 Å². The molecule has 0 bridgehead atoms. The summed E-state index contributed by atoms with van der Waals surface area (Å²) in [6.45, 7) is 7.27. The Morgan fingerprint density at radius 2 is 1.59 bits per heavy atom. The van der Waals surface area contributed by atoms with Crippen LogP contribution in [0.4, 0.5) is 19.2 Å². The maximum Gasteiger partial charge on any atom is 0.416 e. The van der Waals surface area contributed by atoms with Crippen molar-refractivity contribution >= 4 is 21.9 Å². The Hall–Kier alpha value is -3.77. The normalized spacial score (nSPS) is 11.9. The lowest BCUT2D eigenvalue weighted by atomic mass is 10.1. The average Bonchev–Trinajstić information content (AvgIpc) is 3.27. The first-order chi connectivity index (χ1) is 16.1. The molecule has 0 aliphatic carbocycles. The summed E-state index contributed by atoms with van der Waals surface area (Å²) in [6, 6.07) is 9.00. The zero-order valence-corrected chi connectivity index (χ0v) is 18.4. The molecular weight excluding hydrogens is 473 g/mol. The quantitative estimate of drug-likeness (QED) is 0.445. The third-order valence-corrected chi connectivity index (χ3v) is 6.37. The monoisotopic (exact) mass is 492 g/mol.